The Labute approximate surface area is 183 Å². The van der Waals surface area contributed by atoms with Crippen LogP contribution in [-0.4, -0.2) is 34.8 Å². The zero-order valence-corrected chi connectivity index (χ0v) is 18.1. The number of benzene rings is 2. The number of nitrogens with zero attached hydrogens (tertiary/aromatic N) is 2. The quantitative estimate of drug-likeness (QED) is 0.469. The number of rotatable bonds is 7. The molecule has 0 saturated heterocycles. The second kappa shape index (κ2) is 9.19. The van der Waals surface area contributed by atoms with Gasteiger partial charge >= 0.3 is 0 Å². The number of carbonyl (C=O) groups excluding carboxylic acids is 2. The normalized spacial score (nSPS) is 11.9. The first-order valence-electron chi connectivity index (χ1n) is 9.58. The Kier molecular flexibility index (Phi) is 6.21. The molecule has 4 aromatic rings. The summed E-state index contributed by atoms with van der Waals surface area (Å²) in [6, 6.07) is 20.6. The van der Waals surface area contributed by atoms with Crippen molar-refractivity contribution >= 4 is 44.7 Å². The van der Waals surface area contributed by atoms with Crippen LogP contribution in [0.5, 0.6) is 0 Å². The van der Waals surface area contributed by atoms with Gasteiger partial charge < -0.3 is 10.2 Å². The van der Waals surface area contributed by atoms with Gasteiger partial charge in [0.2, 0.25) is 5.91 Å². The van der Waals surface area contributed by atoms with Crippen LogP contribution in [0.2, 0.25) is 0 Å². The lowest BCUT2D eigenvalue weighted by molar-refractivity contribution is -0.132. The van der Waals surface area contributed by atoms with Crippen molar-refractivity contribution < 1.29 is 9.59 Å². The van der Waals surface area contributed by atoms with E-state index >= 15 is 0 Å². The Morgan fingerprint density at radius 1 is 1.03 bits per heavy atom. The molecule has 2 aromatic heterocycles. The van der Waals surface area contributed by atoms with Crippen molar-refractivity contribution in [1.82, 2.24) is 15.2 Å². The second-order valence-electron chi connectivity index (χ2n) is 6.96. The van der Waals surface area contributed by atoms with Crippen LogP contribution in [0.15, 0.2) is 72.1 Å². The third kappa shape index (κ3) is 4.75. The third-order valence-corrected chi connectivity index (χ3v) is 6.61. The van der Waals surface area contributed by atoms with Crippen molar-refractivity contribution in [2.24, 2.45) is 0 Å². The molecule has 2 heterocycles. The SMILES string of the molecule is CN(Cc1nc2ccccc2s1)C(=O)[C@H](Cc1ccccc1)NC(=O)c1cccs1. The molecule has 1 atom stereocenters. The lowest BCUT2D eigenvalue weighted by Gasteiger charge is -2.24. The lowest BCUT2D eigenvalue weighted by atomic mass is 10.0. The fourth-order valence-electron chi connectivity index (χ4n) is 3.22. The van der Waals surface area contributed by atoms with Crippen molar-refractivity contribution in [3.63, 3.8) is 0 Å². The first-order valence-corrected chi connectivity index (χ1v) is 11.3. The maximum Gasteiger partial charge on any atom is 0.262 e. The van der Waals surface area contributed by atoms with Crippen LogP contribution < -0.4 is 5.32 Å². The van der Waals surface area contributed by atoms with E-state index in [4.69, 9.17) is 0 Å². The number of likely N-dealkylation sites (N-methyl/N-ethyl adjacent to an activating group) is 1. The molecular formula is C23H21N3O2S2. The molecule has 4 rings (SSSR count). The number of nitrogens with one attached hydrogen (secondary N) is 1. The minimum Gasteiger partial charge on any atom is -0.339 e. The minimum absolute atomic E-state index is 0.136. The van der Waals surface area contributed by atoms with Gasteiger partial charge in [0.1, 0.15) is 11.0 Å². The summed E-state index contributed by atoms with van der Waals surface area (Å²) in [5.74, 6) is -0.365. The summed E-state index contributed by atoms with van der Waals surface area (Å²) in [7, 11) is 1.75. The number of hydrogen-bond acceptors (Lipinski definition) is 5. The summed E-state index contributed by atoms with van der Waals surface area (Å²) < 4.78 is 1.10. The number of thiazole rings is 1. The summed E-state index contributed by atoms with van der Waals surface area (Å²) in [5, 5.41) is 5.64. The van der Waals surface area contributed by atoms with Gasteiger partial charge in [0.15, 0.2) is 0 Å². The number of fused-ring (bicyclic) bond motifs is 1. The van der Waals surface area contributed by atoms with Crippen LogP contribution in [0.3, 0.4) is 0 Å². The molecule has 0 unspecified atom stereocenters. The molecule has 0 aliphatic carbocycles. The number of para-hydroxylation sites is 1. The molecular weight excluding hydrogens is 414 g/mol. The molecule has 0 bridgehead atoms. The van der Waals surface area contributed by atoms with Crippen LogP contribution in [0.4, 0.5) is 0 Å². The predicted molar refractivity (Wildman–Crippen MR) is 122 cm³/mol. The number of amides is 2. The van der Waals surface area contributed by atoms with Crippen molar-refractivity contribution in [2.45, 2.75) is 19.0 Å². The van der Waals surface area contributed by atoms with E-state index in [1.165, 1.54) is 11.3 Å². The molecule has 0 saturated carbocycles. The molecule has 0 spiro atoms. The van der Waals surface area contributed by atoms with E-state index < -0.39 is 6.04 Å². The van der Waals surface area contributed by atoms with Gasteiger partial charge in [0.05, 0.1) is 21.6 Å². The van der Waals surface area contributed by atoms with E-state index in [0.29, 0.717) is 17.8 Å². The van der Waals surface area contributed by atoms with Crippen molar-refractivity contribution in [3.05, 3.63) is 87.6 Å². The Hall–Kier alpha value is -3.03. The van der Waals surface area contributed by atoms with E-state index in [1.54, 1.807) is 29.4 Å². The molecule has 1 N–H and O–H groups in total. The summed E-state index contributed by atoms with van der Waals surface area (Å²) in [5.41, 5.74) is 1.93. The molecule has 152 valence electrons. The molecule has 30 heavy (non-hydrogen) atoms. The number of hydrogen-bond donors (Lipinski definition) is 1. The standard InChI is InChI=1S/C23H21N3O2S2/c1-26(15-21-24-17-10-5-6-11-19(17)30-21)23(28)18(14-16-8-3-2-4-9-16)25-22(27)20-12-7-13-29-20/h2-13,18H,14-15H2,1H3,(H,25,27)/t18-/m0/s1. The highest BCUT2D eigenvalue weighted by atomic mass is 32.1. The zero-order valence-electron chi connectivity index (χ0n) is 16.4. The Bertz CT molecular complexity index is 1110. The molecule has 0 radical (unpaired) electrons. The third-order valence-electron chi connectivity index (χ3n) is 4.72. The van der Waals surface area contributed by atoms with E-state index in [0.717, 1.165) is 20.8 Å². The first kappa shape index (κ1) is 20.3. The number of aromatic nitrogens is 1. The van der Waals surface area contributed by atoms with Crippen LogP contribution in [0, 0.1) is 0 Å². The van der Waals surface area contributed by atoms with Gasteiger partial charge in [-0.25, -0.2) is 4.98 Å². The fourth-order valence-corrected chi connectivity index (χ4v) is 4.87. The highest BCUT2D eigenvalue weighted by Gasteiger charge is 2.26. The molecule has 0 aliphatic rings. The number of thiophene rings is 1. The maximum atomic E-state index is 13.3. The van der Waals surface area contributed by atoms with Gasteiger partial charge in [-0.15, -0.1) is 22.7 Å². The molecule has 2 amide bonds. The van der Waals surface area contributed by atoms with E-state index in [1.807, 2.05) is 66.0 Å². The Morgan fingerprint density at radius 3 is 2.53 bits per heavy atom. The highest BCUT2D eigenvalue weighted by molar-refractivity contribution is 7.18. The number of carbonyl (C=O) groups is 2. The average Bonchev–Trinajstić information content (AvgIpc) is 3.43. The summed E-state index contributed by atoms with van der Waals surface area (Å²) >= 11 is 2.94. The Morgan fingerprint density at radius 2 is 1.80 bits per heavy atom. The summed E-state index contributed by atoms with van der Waals surface area (Å²) in [6.45, 7) is 0.401. The predicted octanol–water partition coefficient (Wildman–Crippen LogP) is 4.36. The van der Waals surface area contributed by atoms with Crippen LogP contribution in [-0.2, 0) is 17.8 Å². The topological polar surface area (TPSA) is 62.3 Å². The van der Waals surface area contributed by atoms with E-state index in [2.05, 4.69) is 10.3 Å². The fraction of sp³-hybridized carbons (Fsp3) is 0.174. The molecule has 0 aliphatic heterocycles. The zero-order chi connectivity index (χ0) is 20.9. The second-order valence-corrected chi connectivity index (χ2v) is 9.03. The van der Waals surface area contributed by atoms with Crippen LogP contribution in [0.1, 0.15) is 20.2 Å². The van der Waals surface area contributed by atoms with Crippen LogP contribution in [0.25, 0.3) is 10.2 Å². The maximum absolute atomic E-state index is 13.3. The van der Waals surface area contributed by atoms with Crippen molar-refractivity contribution in [2.75, 3.05) is 7.05 Å². The smallest absolute Gasteiger partial charge is 0.262 e. The van der Waals surface area contributed by atoms with Gasteiger partial charge in [-0.1, -0.05) is 48.5 Å². The molecule has 0 fully saturated rings. The highest BCUT2D eigenvalue weighted by Crippen LogP contribution is 2.22. The van der Waals surface area contributed by atoms with E-state index in [-0.39, 0.29) is 11.8 Å². The van der Waals surface area contributed by atoms with Gasteiger partial charge in [-0.05, 0) is 29.1 Å². The first-order chi connectivity index (χ1) is 14.6. The summed E-state index contributed by atoms with van der Waals surface area (Å²) in [4.78, 5) is 32.7. The van der Waals surface area contributed by atoms with E-state index in [9.17, 15) is 9.59 Å². The molecule has 7 heteroatoms. The van der Waals surface area contributed by atoms with Crippen LogP contribution >= 0.6 is 22.7 Å². The molecule has 2 aromatic carbocycles. The van der Waals surface area contributed by atoms with Gasteiger partial charge in [-0.3, -0.25) is 9.59 Å². The van der Waals surface area contributed by atoms with Gasteiger partial charge in [-0.2, -0.15) is 0 Å². The minimum atomic E-state index is -0.652. The average molecular weight is 436 g/mol. The van der Waals surface area contributed by atoms with Crippen molar-refractivity contribution in [1.29, 1.82) is 0 Å². The molecule has 5 nitrogen and oxygen atoms in total. The Balaban J connectivity index is 1.51. The monoisotopic (exact) mass is 435 g/mol. The van der Waals surface area contributed by atoms with Gasteiger partial charge in [0.25, 0.3) is 5.91 Å². The van der Waals surface area contributed by atoms with Crippen molar-refractivity contribution in [3.8, 4) is 0 Å². The largest absolute Gasteiger partial charge is 0.339 e. The van der Waals surface area contributed by atoms with Gasteiger partial charge in [0, 0.05) is 13.5 Å². The summed E-state index contributed by atoms with van der Waals surface area (Å²) in [6.07, 6.45) is 0.432. The lowest BCUT2D eigenvalue weighted by Crippen LogP contribution is -2.48.